The first-order chi connectivity index (χ1) is 14.1. The van der Waals surface area contributed by atoms with Gasteiger partial charge in [-0.3, -0.25) is 4.79 Å². The minimum Gasteiger partial charge on any atom is -0.486 e. The van der Waals surface area contributed by atoms with Crippen LogP contribution in [0.5, 0.6) is 5.75 Å². The lowest BCUT2D eigenvalue weighted by atomic mass is 9.84. The van der Waals surface area contributed by atoms with Crippen LogP contribution in [-0.4, -0.2) is 37.5 Å². The molecule has 2 aromatic rings. The Bertz CT molecular complexity index is 842. The number of rotatable bonds is 7. The number of carbonyl (C=O) groups is 1. The quantitative estimate of drug-likeness (QED) is 0.762. The van der Waals surface area contributed by atoms with E-state index in [0.717, 1.165) is 25.1 Å². The monoisotopic (exact) mass is 396 g/mol. The van der Waals surface area contributed by atoms with Crippen LogP contribution in [0.2, 0.25) is 0 Å². The van der Waals surface area contributed by atoms with Gasteiger partial charge in [-0.1, -0.05) is 18.9 Å². The van der Waals surface area contributed by atoms with Crippen LogP contribution in [0.15, 0.2) is 34.7 Å². The Balaban J connectivity index is 1.32. The van der Waals surface area contributed by atoms with Gasteiger partial charge in [0, 0.05) is 12.6 Å². The first kappa shape index (κ1) is 20.0. The predicted molar refractivity (Wildman–Crippen MR) is 113 cm³/mol. The van der Waals surface area contributed by atoms with E-state index >= 15 is 0 Å². The molecule has 29 heavy (non-hydrogen) atoms. The smallest absolute Gasteiger partial charge is 0.287 e. The minimum absolute atomic E-state index is 0.121. The molecule has 5 nitrogen and oxygen atoms in total. The third-order valence-corrected chi connectivity index (χ3v) is 6.16. The van der Waals surface area contributed by atoms with Crippen molar-refractivity contribution < 1.29 is 13.9 Å². The third-order valence-electron chi connectivity index (χ3n) is 6.16. The van der Waals surface area contributed by atoms with Crippen molar-refractivity contribution in [3.63, 3.8) is 0 Å². The summed E-state index contributed by atoms with van der Waals surface area (Å²) >= 11 is 0. The highest BCUT2D eigenvalue weighted by Crippen LogP contribution is 2.27. The summed E-state index contributed by atoms with van der Waals surface area (Å²) in [7, 11) is 4.18. The first-order valence-corrected chi connectivity index (χ1v) is 10.9. The second-order valence-electron chi connectivity index (χ2n) is 8.73. The van der Waals surface area contributed by atoms with Gasteiger partial charge in [-0.2, -0.15) is 0 Å². The highest BCUT2D eigenvalue weighted by molar-refractivity contribution is 5.91. The van der Waals surface area contributed by atoms with Gasteiger partial charge in [0.05, 0.1) is 0 Å². The predicted octanol–water partition coefficient (Wildman–Crippen LogP) is 4.20. The fourth-order valence-corrected chi connectivity index (χ4v) is 4.69. The molecule has 156 valence electrons. The number of benzene rings is 1. The fourth-order valence-electron chi connectivity index (χ4n) is 4.69. The zero-order valence-electron chi connectivity index (χ0n) is 17.6. The standard InChI is InChI=1S/C24H32N2O3/c1-26(2)15-19-6-3-4-9-22(19)25-24(27)23-13-12-21(29-23)16-28-20-11-10-17-7-5-8-18(17)14-20/h10-14,19,22H,3-9,15-16H2,1-2H3,(H,25,27). The Kier molecular flexibility index (Phi) is 6.24. The van der Waals surface area contributed by atoms with Crippen molar-refractivity contribution in [1.29, 1.82) is 0 Å². The molecule has 1 saturated carbocycles. The lowest BCUT2D eigenvalue weighted by Gasteiger charge is -2.33. The average Bonchev–Trinajstić information content (AvgIpc) is 3.36. The van der Waals surface area contributed by atoms with E-state index in [0.29, 0.717) is 24.0 Å². The van der Waals surface area contributed by atoms with E-state index in [2.05, 4.69) is 36.4 Å². The topological polar surface area (TPSA) is 54.7 Å². The van der Waals surface area contributed by atoms with Crippen LogP contribution in [0.3, 0.4) is 0 Å². The lowest BCUT2D eigenvalue weighted by Crippen LogP contribution is -2.45. The highest BCUT2D eigenvalue weighted by atomic mass is 16.5. The van der Waals surface area contributed by atoms with Crippen LogP contribution in [0.25, 0.3) is 0 Å². The average molecular weight is 397 g/mol. The molecule has 1 aromatic heterocycles. The largest absolute Gasteiger partial charge is 0.486 e. The molecule has 2 aliphatic carbocycles. The number of hydrogen-bond donors (Lipinski definition) is 1. The van der Waals surface area contributed by atoms with E-state index in [1.807, 2.05) is 12.1 Å². The Morgan fingerprint density at radius 2 is 1.93 bits per heavy atom. The zero-order chi connectivity index (χ0) is 20.2. The molecule has 0 aliphatic heterocycles. The summed E-state index contributed by atoms with van der Waals surface area (Å²) in [4.78, 5) is 14.9. The molecule has 0 spiro atoms. The second kappa shape index (κ2) is 9.04. The summed E-state index contributed by atoms with van der Waals surface area (Å²) in [5.41, 5.74) is 2.83. The van der Waals surface area contributed by atoms with E-state index < -0.39 is 0 Å². The maximum Gasteiger partial charge on any atom is 0.287 e. The van der Waals surface area contributed by atoms with Gasteiger partial charge in [0.25, 0.3) is 5.91 Å². The number of aryl methyl sites for hydroxylation is 2. The van der Waals surface area contributed by atoms with Crippen LogP contribution in [0.4, 0.5) is 0 Å². The Hall–Kier alpha value is -2.27. The molecule has 4 rings (SSSR count). The van der Waals surface area contributed by atoms with E-state index in [-0.39, 0.29) is 11.9 Å². The Labute approximate surface area is 173 Å². The minimum atomic E-state index is -0.121. The molecule has 1 amide bonds. The number of nitrogens with zero attached hydrogens (tertiary/aromatic N) is 1. The van der Waals surface area contributed by atoms with Gasteiger partial charge in [-0.25, -0.2) is 0 Å². The number of carbonyl (C=O) groups excluding carboxylic acids is 1. The zero-order valence-corrected chi connectivity index (χ0v) is 17.6. The summed E-state index contributed by atoms with van der Waals surface area (Å²) in [6.07, 6.45) is 8.16. The third kappa shape index (κ3) is 5.02. The molecule has 0 saturated heterocycles. The van der Waals surface area contributed by atoms with Crippen LogP contribution in [0, 0.1) is 5.92 Å². The van der Waals surface area contributed by atoms with E-state index in [4.69, 9.17) is 9.15 Å². The molecule has 5 heteroatoms. The molecular formula is C24H32N2O3. The van der Waals surface area contributed by atoms with Crippen molar-refractivity contribution in [3.8, 4) is 5.75 Å². The molecular weight excluding hydrogens is 364 g/mol. The fraction of sp³-hybridized carbons (Fsp3) is 0.542. The van der Waals surface area contributed by atoms with Crippen molar-refractivity contribution in [2.45, 2.75) is 57.6 Å². The number of hydrogen-bond acceptors (Lipinski definition) is 4. The molecule has 1 aromatic carbocycles. The van der Waals surface area contributed by atoms with Crippen LogP contribution >= 0.6 is 0 Å². The molecule has 1 heterocycles. The van der Waals surface area contributed by atoms with Gasteiger partial charge in [-0.05, 0) is 87.5 Å². The van der Waals surface area contributed by atoms with Crippen molar-refractivity contribution in [3.05, 3.63) is 53.0 Å². The summed E-state index contributed by atoms with van der Waals surface area (Å²) < 4.78 is 11.7. The summed E-state index contributed by atoms with van der Waals surface area (Å²) in [6, 6.07) is 10.1. The lowest BCUT2D eigenvalue weighted by molar-refractivity contribution is 0.0863. The van der Waals surface area contributed by atoms with Crippen LogP contribution in [0.1, 0.15) is 59.5 Å². The number of nitrogens with one attached hydrogen (secondary N) is 1. The summed E-state index contributed by atoms with van der Waals surface area (Å²) in [6.45, 7) is 1.34. The molecule has 2 atom stereocenters. The summed E-state index contributed by atoms with van der Waals surface area (Å²) in [5, 5.41) is 3.21. The maximum absolute atomic E-state index is 12.7. The van der Waals surface area contributed by atoms with E-state index in [1.54, 1.807) is 6.07 Å². The molecule has 0 radical (unpaired) electrons. The first-order valence-electron chi connectivity index (χ1n) is 10.9. The molecule has 2 unspecified atom stereocenters. The van der Waals surface area contributed by atoms with E-state index in [1.165, 1.54) is 43.2 Å². The molecule has 1 fully saturated rings. The Morgan fingerprint density at radius 3 is 2.79 bits per heavy atom. The van der Waals surface area contributed by atoms with Crippen LogP contribution < -0.4 is 10.1 Å². The van der Waals surface area contributed by atoms with Gasteiger partial charge >= 0.3 is 0 Å². The SMILES string of the molecule is CN(C)CC1CCCCC1NC(=O)c1ccc(COc2ccc3c(c2)CCC3)o1. The van der Waals surface area contributed by atoms with Gasteiger partial charge in [0.15, 0.2) is 5.76 Å². The Morgan fingerprint density at radius 1 is 1.10 bits per heavy atom. The maximum atomic E-state index is 12.7. The number of furan rings is 1. The summed E-state index contributed by atoms with van der Waals surface area (Å²) in [5.74, 6) is 2.28. The molecule has 0 bridgehead atoms. The molecule has 1 N–H and O–H groups in total. The van der Waals surface area contributed by atoms with E-state index in [9.17, 15) is 4.79 Å². The second-order valence-corrected chi connectivity index (χ2v) is 8.73. The van der Waals surface area contributed by atoms with Crippen molar-refractivity contribution in [2.75, 3.05) is 20.6 Å². The molecule has 2 aliphatic rings. The van der Waals surface area contributed by atoms with Crippen molar-refractivity contribution in [2.24, 2.45) is 5.92 Å². The normalized spacial score (nSPS) is 21.2. The van der Waals surface area contributed by atoms with Crippen LogP contribution in [-0.2, 0) is 19.4 Å². The van der Waals surface area contributed by atoms with Crippen molar-refractivity contribution in [1.82, 2.24) is 10.2 Å². The van der Waals surface area contributed by atoms with Crippen molar-refractivity contribution >= 4 is 5.91 Å². The van der Waals surface area contributed by atoms with Gasteiger partial charge in [0.2, 0.25) is 0 Å². The number of ether oxygens (including phenoxy) is 1. The highest BCUT2D eigenvalue weighted by Gasteiger charge is 2.28. The number of fused-ring (bicyclic) bond motifs is 1. The number of amides is 1. The van der Waals surface area contributed by atoms with Gasteiger partial charge < -0.3 is 19.4 Å². The van der Waals surface area contributed by atoms with Gasteiger partial charge in [0.1, 0.15) is 18.1 Å². The van der Waals surface area contributed by atoms with Gasteiger partial charge in [-0.15, -0.1) is 0 Å².